The standard InChI is InChI=1S/C21H29N5O2/c1-14-20(15(2)24(5)23-14)22-21(28)16(3)25-10-12-26(13-11-25)19-8-6-18(7-9-19)17(4)27/h6-9,16H,10-13H2,1-5H3,(H,22,28)/p+1/t16-/m1/s1. The minimum atomic E-state index is -0.124. The number of hydrogen-bond acceptors (Lipinski definition) is 4. The van der Waals surface area contributed by atoms with Crippen molar-refractivity contribution in [2.45, 2.75) is 33.7 Å². The van der Waals surface area contributed by atoms with Gasteiger partial charge in [-0.15, -0.1) is 0 Å². The molecule has 1 aromatic carbocycles. The van der Waals surface area contributed by atoms with Crippen molar-refractivity contribution in [3.05, 3.63) is 41.2 Å². The number of ketones is 1. The Morgan fingerprint density at radius 2 is 1.75 bits per heavy atom. The molecule has 1 fully saturated rings. The number of aromatic nitrogens is 2. The molecule has 0 unspecified atom stereocenters. The lowest BCUT2D eigenvalue weighted by atomic mass is 10.1. The van der Waals surface area contributed by atoms with Gasteiger partial charge in [0.15, 0.2) is 11.8 Å². The molecule has 2 aromatic rings. The molecular formula is C21H30N5O2+. The molecule has 7 heteroatoms. The summed E-state index contributed by atoms with van der Waals surface area (Å²) in [4.78, 5) is 27.8. The average Bonchev–Trinajstić information content (AvgIpc) is 2.93. The summed E-state index contributed by atoms with van der Waals surface area (Å²) in [7, 11) is 1.88. The van der Waals surface area contributed by atoms with Crippen LogP contribution in [0.1, 0.15) is 35.6 Å². The molecule has 0 aliphatic carbocycles. The maximum Gasteiger partial charge on any atom is 0.282 e. The molecule has 7 nitrogen and oxygen atoms in total. The van der Waals surface area contributed by atoms with E-state index in [-0.39, 0.29) is 17.7 Å². The van der Waals surface area contributed by atoms with Crippen LogP contribution in [0.15, 0.2) is 24.3 Å². The zero-order chi connectivity index (χ0) is 20.4. The Hall–Kier alpha value is -2.67. The third-order valence-corrected chi connectivity index (χ3v) is 5.81. The Kier molecular flexibility index (Phi) is 5.84. The van der Waals surface area contributed by atoms with Crippen molar-refractivity contribution in [2.75, 3.05) is 36.4 Å². The number of carbonyl (C=O) groups excluding carboxylic acids is 2. The maximum atomic E-state index is 12.8. The lowest BCUT2D eigenvalue weighted by Crippen LogP contribution is -3.19. The molecule has 1 aliphatic rings. The lowest BCUT2D eigenvalue weighted by molar-refractivity contribution is -0.914. The summed E-state index contributed by atoms with van der Waals surface area (Å²) in [6.07, 6.45) is 0. The van der Waals surface area contributed by atoms with Gasteiger partial charge in [0.25, 0.3) is 5.91 Å². The van der Waals surface area contributed by atoms with E-state index in [0.29, 0.717) is 0 Å². The first kappa shape index (κ1) is 20.1. The van der Waals surface area contributed by atoms with E-state index in [9.17, 15) is 9.59 Å². The molecule has 0 bridgehead atoms. The average molecular weight is 385 g/mol. The number of rotatable bonds is 5. The van der Waals surface area contributed by atoms with Gasteiger partial charge >= 0.3 is 0 Å². The summed E-state index contributed by atoms with van der Waals surface area (Å²) in [6.45, 7) is 11.0. The van der Waals surface area contributed by atoms with E-state index >= 15 is 0 Å². The molecule has 3 rings (SSSR count). The summed E-state index contributed by atoms with van der Waals surface area (Å²) in [6, 6.07) is 7.65. The molecule has 1 atom stereocenters. The highest BCUT2D eigenvalue weighted by Gasteiger charge is 2.30. The fourth-order valence-electron chi connectivity index (χ4n) is 3.76. The Labute approximate surface area is 166 Å². The van der Waals surface area contributed by atoms with Gasteiger partial charge in [-0.3, -0.25) is 14.3 Å². The van der Waals surface area contributed by atoms with Gasteiger partial charge in [0.05, 0.1) is 43.3 Å². The van der Waals surface area contributed by atoms with Crippen molar-refractivity contribution < 1.29 is 14.5 Å². The summed E-state index contributed by atoms with van der Waals surface area (Å²) < 4.78 is 1.79. The topological polar surface area (TPSA) is 71.7 Å². The number of nitrogens with one attached hydrogen (secondary N) is 2. The van der Waals surface area contributed by atoms with Crippen molar-refractivity contribution in [3.63, 3.8) is 0 Å². The van der Waals surface area contributed by atoms with Gasteiger partial charge in [0.2, 0.25) is 0 Å². The highest BCUT2D eigenvalue weighted by atomic mass is 16.2. The number of piperazine rings is 1. The molecule has 2 heterocycles. The van der Waals surface area contributed by atoms with Gasteiger partial charge in [-0.05, 0) is 52.0 Å². The first-order valence-electron chi connectivity index (χ1n) is 9.79. The van der Waals surface area contributed by atoms with Crippen LogP contribution in [0.3, 0.4) is 0 Å². The van der Waals surface area contributed by atoms with Crippen molar-refractivity contribution in [3.8, 4) is 0 Å². The van der Waals surface area contributed by atoms with Crippen LogP contribution in [0.25, 0.3) is 0 Å². The largest absolute Gasteiger partial charge is 0.360 e. The van der Waals surface area contributed by atoms with Crippen molar-refractivity contribution >= 4 is 23.1 Å². The van der Waals surface area contributed by atoms with E-state index in [1.54, 1.807) is 11.6 Å². The highest BCUT2D eigenvalue weighted by molar-refractivity contribution is 5.95. The minimum absolute atomic E-state index is 0.0356. The second-order valence-electron chi connectivity index (χ2n) is 7.63. The minimum Gasteiger partial charge on any atom is -0.360 e. The molecule has 1 amide bonds. The second-order valence-corrected chi connectivity index (χ2v) is 7.63. The number of benzene rings is 1. The summed E-state index contributed by atoms with van der Waals surface area (Å²) in [5.41, 5.74) is 4.49. The molecule has 1 aliphatic heterocycles. The second kappa shape index (κ2) is 8.14. The van der Waals surface area contributed by atoms with E-state index in [2.05, 4.69) is 15.3 Å². The zero-order valence-corrected chi connectivity index (χ0v) is 17.4. The van der Waals surface area contributed by atoms with Crippen LogP contribution >= 0.6 is 0 Å². The summed E-state index contributed by atoms with van der Waals surface area (Å²) >= 11 is 0. The quantitative estimate of drug-likeness (QED) is 0.754. The SMILES string of the molecule is CC(=O)c1ccc(N2CC[NH+]([C@H](C)C(=O)Nc3c(C)nn(C)c3C)CC2)cc1. The van der Waals surface area contributed by atoms with Crippen molar-refractivity contribution in [1.29, 1.82) is 0 Å². The number of carbonyl (C=O) groups is 2. The molecule has 150 valence electrons. The molecule has 2 N–H and O–H groups in total. The number of quaternary nitrogens is 1. The van der Waals surface area contributed by atoms with Crippen LogP contribution in [0.2, 0.25) is 0 Å². The fourth-order valence-corrected chi connectivity index (χ4v) is 3.76. The van der Waals surface area contributed by atoms with E-state index < -0.39 is 0 Å². The molecule has 0 radical (unpaired) electrons. The Bertz CT molecular complexity index is 864. The molecule has 1 saturated heterocycles. The van der Waals surface area contributed by atoms with Crippen molar-refractivity contribution in [2.24, 2.45) is 7.05 Å². The van der Waals surface area contributed by atoms with Gasteiger partial charge < -0.3 is 15.1 Å². The number of anilines is 2. The number of nitrogens with zero attached hydrogens (tertiary/aromatic N) is 3. The summed E-state index contributed by atoms with van der Waals surface area (Å²) in [5.74, 6) is 0.119. The van der Waals surface area contributed by atoms with Gasteiger partial charge in [-0.25, -0.2) is 0 Å². The van der Waals surface area contributed by atoms with Gasteiger partial charge in [0.1, 0.15) is 0 Å². The van der Waals surface area contributed by atoms with E-state index in [0.717, 1.165) is 54.5 Å². The Balaban J connectivity index is 1.57. The van der Waals surface area contributed by atoms with Gasteiger partial charge in [-0.2, -0.15) is 5.10 Å². The van der Waals surface area contributed by atoms with Crippen LogP contribution in [-0.4, -0.2) is 53.7 Å². The summed E-state index contributed by atoms with van der Waals surface area (Å²) in [5, 5.41) is 7.43. The van der Waals surface area contributed by atoms with Gasteiger partial charge in [-0.1, -0.05) is 0 Å². The Morgan fingerprint density at radius 1 is 1.14 bits per heavy atom. The number of Topliss-reactive ketones (excluding diaryl/α,β-unsaturated/α-hetero) is 1. The van der Waals surface area contributed by atoms with Crippen LogP contribution in [0.5, 0.6) is 0 Å². The van der Waals surface area contributed by atoms with Crippen LogP contribution in [0, 0.1) is 13.8 Å². The monoisotopic (exact) mass is 384 g/mol. The third kappa shape index (κ3) is 4.09. The van der Waals surface area contributed by atoms with E-state index in [1.165, 1.54) is 4.90 Å². The first-order valence-corrected chi connectivity index (χ1v) is 9.79. The number of hydrogen-bond donors (Lipinski definition) is 2. The molecule has 0 spiro atoms. The fraction of sp³-hybridized carbons (Fsp3) is 0.476. The smallest absolute Gasteiger partial charge is 0.282 e. The molecule has 0 saturated carbocycles. The lowest BCUT2D eigenvalue weighted by Gasteiger charge is -2.36. The van der Waals surface area contributed by atoms with Gasteiger partial charge in [0, 0.05) is 18.3 Å². The van der Waals surface area contributed by atoms with E-state index in [1.807, 2.05) is 52.1 Å². The highest BCUT2D eigenvalue weighted by Crippen LogP contribution is 2.18. The molecular weight excluding hydrogens is 354 g/mol. The number of amides is 1. The predicted octanol–water partition coefficient (Wildman–Crippen LogP) is 0.972. The van der Waals surface area contributed by atoms with Crippen LogP contribution in [0.4, 0.5) is 11.4 Å². The zero-order valence-electron chi connectivity index (χ0n) is 17.4. The number of aryl methyl sites for hydroxylation is 2. The van der Waals surface area contributed by atoms with E-state index in [4.69, 9.17) is 0 Å². The molecule has 1 aromatic heterocycles. The maximum absolute atomic E-state index is 12.8. The Morgan fingerprint density at radius 3 is 2.25 bits per heavy atom. The molecule has 28 heavy (non-hydrogen) atoms. The van der Waals surface area contributed by atoms with Crippen molar-refractivity contribution in [1.82, 2.24) is 9.78 Å². The first-order chi connectivity index (χ1) is 13.3. The van der Waals surface area contributed by atoms with Crippen LogP contribution in [-0.2, 0) is 11.8 Å². The normalized spacial score (nSPS) is 16.1. The third-order valence-electron chi connectivity index (χ3n) is 5.81. The predicted molar refractivity (Wildman–Crippen MR) is 110 cm³/mol. The van der Waals surface area contributed by atoms with Crippen LogP contribution < -0.4 is 15.1 Å².